The van der Waals surface area contributed by atoms with E-state index in [1.165, 1.54) is 11.1 Å². The minimum Gasteiger partial charge on any atom is -0.497 e. The summed E-state index contributed by atoms with van der Waals surface area (Å²) in [4.78, 5) is 2.22. The molecule has 1 aromatic rings. The molecule has 0 spiro atoms. The van der Waals surface area contributed by atoms with Gasteiger partial charge in [0.05, 0.1) is 13.7 Å². The summed E-state index contributed by atoms with van der Waals surface area (Å²) in [5.41, 5.74) is 2.46. The third-order valence-electron chi connectivity index (χ3n) is 2.87. The number of likely N-dealkylation sites (N-methyl/N-ethyl adjacent to an activating group) is 1. The van der Waals surface area contributed by atoms with Crippen LogP contribution in [0.5, 0.6) is 5.75 Å². The number of nitrogens with zero attached hydrogens (tertiary/aromatic N) is 1. The van der Waals surface area contributed by atoms with Crippen LogP contribution in [0.1, 0.15) is 19.4 Å². The zero-order chi connectivity index (χ0) is 13.4. The van der Waals surface area contributed by atoms with Crippen molar-refractivity contribution in [2.75, 3.05) is 33.4 Å². The maximum absolute atomic E-state index is 8.95. The lowest BCUT2D eigenvalue weighted by molar-refractivity contribution is 0.212. The number of aliphatic hydroxyl groups is 1. The lowest BCUT2D eigenvalue weighted by Gasteiger charge is -2.19. The normalized spacial score (nSPS) is 11.9. The lowest BCUT2D eigenvalue weighted by Crippen LogP contribution is -2.28. The molecule has 0 saturated heterocycles. The number of hydrogen-bond acceptors (Lipinski definition) is 3. The van der Waals surface area contributed by atoms with Crippen molar-refractivity contribution in [1.82, 2.24) is 4.90 Å². The van der Waals surface area contributed by atoms with E-state index in [-0.39, 0.29) is 6.61 Å². The van der Waals surface area contributed by atoms with Crippen LogP contribution >= 0.6 is 0 Å². The van der Waals surface area contributed by atoms with E-state index in [1.807, 2.05) is 24.3 Å². The molecule has 0 bridgehead atoms. The Hall–Kier alpha value is -1.32. The van der Waals surface area contributed by atoms with Crippen LogP contribution < -0.4 is 4.74 Å². The number of methoxy groups -OCH3 is 1. The molecule has 0 aliphatic heterocycles. The molecule has 1 rings (SSSR count). The maximum atomic E-state index is 8.95. The van der Waals surface area contributed by atoms with E-state index in [4.69, 9.17) is 9.84 Å². The van der Waals surface area contributed by atoms with Gasteiger partial charge in [-0.05, 0) is 31.2 Å². The topological polar surface area (TPSA) is 32.7 Å². The van der Waals surface area contributed by atoms with Crippen molar-refractivity contribution in [3.05, 3.63) is 35.4 Å². The van der Waals surface area contributed by atoms with Crippen LogP contribution in [0, 0.1) is 0 Å². The van der Waals surface area contributed by atoms with Gasteiger partial charge in [0.2, 0.25) is 0 Å². The van der Waals surface area contributed by atoms with Crippen molar-refractivity contribution in [1.29, 1.82) is 0 Å². The average Bonchev–Trinajstić information content (AvgIpc) is 2.39. The molecule has 0 saturated carbocycles. The smallest absolute Gasteiger partial charge is 0.118 e. The van der Waals surface area contributed by atoms with E-state index in [1.54, 1.807) is 7.11 Å². The van der Waals surface area contributed by atoms with Crippen LogP contribution in [0.2, 0.25) is 0 Å². The van der Waals surface area contributed by atoms with E-state index >= 15 is 0 Å². The second kappa shape index (κ2) is 7.90. The van der Waals surface area contributed by atoms with Gasteiger partial charge in [0.1, 0.15) is 5.75 Å². The van der Waals surface area contributed by atoms with Gasteiger partial charge in [-0.2, -0.15) is 0 Å². The molecule has 0 aliphatic carbocycles. The fourth-order valence-electron chi connectivity index (χ4n) is 1.87. The van der Waals surface area contributed by atoms with E-state index in [9.17, 15) is 0 Å². The van der Waals surface area contributed by atoms with E-state index < -0.39 is 0 Å². The second-order valence-electron chi connectivity index (χ2n) is 4.36. The Morgan fingerprint density at radius 3 is 2.50 bits per heavy atom. The average molecular weight is 249 g/mol. The lowest BCUT2D eigenvalue weighted by atomic mass is 10.1. The first-order chi connectivity index (χ1) is 8.69. The Balaban J connectivity index is 2.63. The molecule has 0 radical (unpaired) electrons. The molecule has 0 unspecified atom stereocenters. The minimum atomic E-state index is 0.212. The summed E-state index contributed by atoms with van der Waals surface area (Å²) < 4.78 is 5.13. The van der Waals surface area contributed by atoms with Gasteiger partial charge >= 0.3 is 0 Å². The molecule has 0 heterocycles. The zero-order valence-electron chi connectivity index (χ0n) is 11.5. The molecule has 3 heteroatoms. The predicted octanol–water partition coefficient (Wildman–Crippen LogP) is 2.41. The highest BCUT2D eigenvalue weighted by Crippen LogP contribution is 2.14. The van der Waals surface area contributed by atoms with Gasteiger partial charge in [-0.3, -0.25) is 4.90 Å². The molecule has 0 fully saturated rings. The zero-order valence-corrected chi connectivity index (χ0v) is 11.5. The highest BCUT2D eigenvalue weighted by molar-refractivity contribution is 5.53. The standard InChI is InChI=1S/C15H23NO2/c1-4-16(9-10-17)12-13(2)11-14-5-7-15(18-3)8-6-14/h5-8,11,17H,4,9-10,12H2,1-3H3/b13-11+. The fraction of sp³-hybridized carbons (Fsp3) is 0.467. The van der Waals surface area contributed by atoms with Gasteiger partial charge in [-0.25, -0.2) is 0 Å². The summed E-state index contributed by atoms with van der Waals surface area (Å²) in [6.45, 7) is 7.01. The molecule has 1 aromatic carbocycles. The summed E-state index contributed by atoms with van der Waals surface area (Å²) in [7, 11) is 1.67. The Morgan fingerprint density at radius 2 is 2.00 bits per heavy atom. The fourth-order valence-corrected chi connectivity index (χ4v) is 1.87. The van der Waals surface area contributed by atoms with Crippen LogP contribution in [0.25, 0.3) is 6.08 Å². The first-order valence-electron chi connectivity index (χ1n) is 6.34. The quantitative estimate of drug-likeness (QED) is 0.805. The molecule has 0 amide bonds. The monoisotopic (exact) mass is 249 g/mol. The summed E-state index contributed by atoms with van der Waals surface area (Å²) in [6, 6.07) is 8.02. The van der Waals surface area contributed by atoms with Gasteiger partial charge in [-0.15, -0.1) is 0 Å². The molecule has 1 N–H and O–H groups in total. The third-order valence-corrected chi connectivity index (χ3v) is 2.87. The van der Waals surface area contributed by atoms with Gasteiger partial charge in [-0.1, -0.05) is 30.7 Å². The van der Waals surface area contributed by atoms with Crippen molar-refractivity contribution in [2.24, 2.45) is 0 Å². The molecule has 0 aromatic heterocycles. The van der Waals surface area contributed by atoms with Crippen molar-refractivity contribution in [3.8, 4) is 5.75 Å². The van der Waals surface area contributed by atoms with Crippen LogP contribution in [-0.2, 0) is 0 Å². The largest absolute Gasteiger partial charge is 0.497 e. The maximum Gasteiger partial charge on any atom is 0.118 e. The Kier molecular flexibility index (Phi) is 6.47. The number of aliphatic hydroxyl groups excluding tert-OH is 1. The first kappa shape index (κ1) is 14.7. The van der Waals surface area contributed by atoms with Gasteiger partial charge in [0, 0.05) is 13.1 Å². The summed E-state index contributed by atoms with van der Waals surface area (Å²) in [6.07, 6.45) is 2.17. The number of rotatable bonds is 7. The predicted molar refractivity (Wildman–Crippen MR) is 75.8 cm³/mol. The highest BCUT2D eigenvalue weighted by Gasteiger charge is 2.02. The molecule has 18 heavy (non-hydrogen) atoms. The van der Waals surface area contributed by atoms with Crippen molar-refractivity contribution in [2.45, 2.75) is 13.8 Å². The minimum absolute atomic E-state index is 0.212. The van der Waals surface area contributed by atoms with E-state index in [0.717, 1.165) is 25.4 Å². The first-order valence-corrected chi connectivity index (χ1v) is 6.34. The number of ether oxygens (including phenoxy) is 1. The van der Waals surface area contributed by atoms with Gasteiger partial charge in [0.25, 0.3) is 0 Å². The summed E-state index contributed by atoms with van der Waals surface area (Å²) in [5.74, 6) is 0.875. The molecular weight excluding hydrogens is 226 g/mol. The van der Waals surface area contributed by atoms with E-state index in [2.05, 4.69) is 24.8 Å². The Morgan fingerprint density at radius 1 is 1.33 bits per heavy atom. The number of hydrogen-bond donors (Lipinski definition) is 1. The summed E-state index contributed by atoms with van der Waals surface area (Å²) >= 11 is 0. The molecule has 100 valence electrons. The van der Waals surface area contributed by atoms with Crippen LogP contribution in [0.3, 0.4) is 0 Å². The Bertz CT molecular complexity index is 371. The summed E-state index contributed by atoms with van der Waals surface area (Å²) in [5, 5.41) is 8.95. The second-order valence-corrected chi connectivity index (χ2v) is 4.36. The SMILES string of the molecule is CCN(CCO)C/C(C)=C/c1ccc(OC)cc1. The van der Waals surface area contributed by atoms with Crippen molar-refractivity contribution >= 4 is 6.08 Å². The van der Waals surface area contributed by atoms with E-state index in [0.29, 0.717) is 0 Å². The Labute approximate surface area is 110 Å². The highest BCUT2D eigenvalue weighted by atomic mass is 16.5. The van der Waals surface area contributed by atoms with Crippen LogP contribution in [0.15, 0.2) is 29.8 Å². The number of benzene rings is 1. The molecule has 0 atom stereocenters. The van der Waals surface area contributed by atoms with Crippen molar-refractivity contribution in [3.63, 3.8) is 0 Å². The molecular formula is C15H23NO2. The van der Waals surface area contributed by atoms with Gasteiger partial charge in [0.15, 0.2) is 0 Å². The van der Waals surface area contributed by atoms with Crippen LogP contribution in [0.4, 0.5) is 0 Å². The van der Waals surface area contributed by atoms with Gasteiger partial charge < -0.3 is 9.84 Å². The van der Waals surface area contributed by atoms with Crippen molar-refractivity contribution < 1.29 is 9.84 Å². The molecule has 3 nitrogen and oxygen atoms in total. The third kappa shape index (κ3) is 4.90. The molecule has 0 aliphatic rings. The van der Waals surface area contributed by atoms with Crippen LogP contribution in [-0.4, -0.2) is 43.4 Å².